The Kier molecular flexibility index (Phi) is 8.32. The molecule has 2 aromatic rings. The van der Waals surface area contributed by atoms with Crippen LogP contribution in [0.5, 0.6) is 5.75 Å². The number of pyridine rings is 1. The summed E-state index contributed by atoms with van der Waals surface area (Å²) >= 11 is 0. The van der Waals surface area contributed by atoms with Crippen LogP contribution in [0.2, 0.25) is 0 Å². The van der Waals surface area contributed by atoms with Crippen LogP contribution in [0.4, 0.5) is 5.82 Å². The lowest BCUT2D eigenvalue weighted by atomic mass is 10.2. The van der Waals surface area contributed by atoms with E-state index in [4.69, 9.17) is 9.47 Å². The number of para-hydroxylation sites is 1. The van der Waals surface area contributed by atoms with Crippen LogP contribution in [0.1, 0.15) is 26.3 Å². The van der Waals surface area contributed by atoms with E-state index in [2.05, 4.69) is 58.4 Å². The van der Waals surface area contributed by atoms with Crippen LogP contribution in [0.15, 0.2) is 53.7 Å². The van der Waals surface area contributed by atoms with E-state index in [-0.39, 0.29) is 12.2 Å². The average Bonchev–Trinajstić information content (AvgIpc) is 2.75. The molecule has 0 radical (unpaired) electrons. The van der Waals surface area contributed by atoms with Gasteiger partial charge in [0.2, 0.25) is 0 Å². The Bertz CT molecular complexity index is 772. The summed E-state index contributed by atoms with van der Waals surface area (Å²) in [7, 11) is 0. The Morgan fingerprint density at radius 1 is 1.13 bits per heavy atom. The second-order valence-corrected chi connectivity index (χ2v) is 7.47. The predicted octanol–water partition coefficient (Wildman–Crippen LogP) is 2.83. The normalized spacial score (nSPS) is 19.4. The SMILES string of the molecule is CCNC(=NCc1ccc(N2CC(C)OC(C)C2)nc1)NCCOc1ccccc1. The van der Waals surface area contributed by atoms with Crippen LogP contribution in [-0.4, -0.2) is 55.9 Å². The zero-order valence-corrected chi connectivity index (χ0v) is 18.2. The molecule has 162 valence electrons. The molecule has 2 N–H and O–H groups in total. The van der Waals surface area contributed by atoms with Crippen molar-refractivity contribution < 1.29 is 9.47 Å². The number of hydrogen-bond acceptors (Lipinski definition) is 5. The zero-order chi connectivity index (χ0) is 21.2. The molecule has 1 aliphatic heterocycles. The highest BCUT2D eigenvalue weighted by molar-refractivity contribution is 5.79. The molecule has 2 atom stereocenters. The molecule has 0 spiro atoms. The van der Waals surface area contributed by atoms with Gasteiger partial charge in [-0.15, -0.1) is 0 Å². The van der Waals surface area contributed by atoms with Crippen LogP contribution in [0.25, 0.3) is 0 Å². The third-order valence-electron chi connectivity index (χ3n) is 4.72. The molecule has 0 amide bonds. The van der Waals surface area contributed by atoms with Crippen molar-refractivity contribution in [1.82, 2.24) is 15.6 Å². The van der Waals surface area contributed by atoms with Crippen molar-refractivity contribution in [3.05, 3.63) is 54.2 Å². The second-order valence-electron chi connectivity index (χ2n) is 7.47. The first-order valence-electron chi connectivity index (χ1n) is 10.7. The van der Waals surface area contributed by atoms with Gasteiger partial charge in [-0.1, -0.05) is 24.3 Å². The Hall–Kier alpha value is -2.80. The molecule has 0 saturated carbocycles. The number of aromatic nitrogens is 1. The van der Waals surface area contributed by atoms with E-state index >= 15 is 0 Å². The van der Waals surface area contributed by atoms with Crippen LogP contribution in [0, 0.1) is 0 Å². The summed E-state index contributed by atoms with van der Waals surface area (Å²) in [4.78, 5) is 11.6. The van der Waals surface area contributed by atoms with Gasteiger partial charge in [-0.05, 0) is 44.5 Å². The molecule has 1 aromatic heterocycles. The Morgan fingerprint density at radius 2 is 1.90 bits per heavy atom. The quantitative estimate of drug-likeness (QED) is 0.395. The molecule has 1 fully saturated rings. The maximum absolute atomic E-state index is 5.80. The van der Waals surface area contributed by atoms with Gasteiger partial charge in [0, 0.05) is 25.8 Å². The summed E-state index contributed by atoms with van der Waals surface area (Å²) in [6, 6.07) is 14.0. The van der Waals surface area contributed by atoms with Crippen LogP contribution < -0.4 is 20.3 Å². The fraction of sp³-hybridized carbons (Fsp3) is 0.478. The number of nitrogens with zero attached hydrogens (tertiary/aromatic N) is 3. The fourth-order valence-electron chi connectivity index (χ4n) is 3.43. The Morgan fingerprint density at radius 3 is 2.57 bits per heavy atom. The first-order chi connectivity index (χ1) is 14.6. The van der Waals surface area contributed by atoms with Gasteiger partial charge in [0.25, 0.3) is 0 Å². The highest BCUT2D eigenvalue weighted by Gasteiger charge is 2.22. The molecule has 30 heavy (non-hydrogen) atoms. The van der Waals surface area contributed by atoms with E-state index in [1.54, 1.807) is 0 Å². The van der Waals surface area contributed by atoms with E-state index in [0.717, 1.165) is 42.7 Å². The summed E-state index contributed by atoms with van der Waals surface area (Å²) in [5.41, 5.74) is 1.07. The minimum Gasteiger partial charge on any atom is -0.492 e. The summed E-state index contributed by atoms with van der Waals surface area (Å²) in [5.74, 6) is 2.64. The summed E-state index contributed by atoms with van der Waals surface area (Å²) in [6.07, 6.45) is 2.35. The molecule has 0 bridgehead atoms. The number of nitrogens with one attached hydrogen (secondary N) is 2. The number of hydrogen-bond donors (Lipinski definition) is 2. The Labute approximate surface area is 179 Å². The van der Waals surface area contributed by atoms with Crippen molar-refractivity contribution in [2.75, 3.05) is 37.7 Å². The molecular weight excluding hydrogens is 378 g/mol. The minimum absolute atomic E-state index is 0.222. The summed E-state index contributed by atoms with van der Waals surface area (Å²) < 4.78 is 11.5. The molecular formula is C23H33N5O2. The van der Waals surface area contributed by atoms with E-state index in [1.807, 2.05) is 36.5 Å². The number of guanidine groups is 1. The van der Waals surface area contributed by atoms with Gasteiger partial charge in [-0.2, -0.15) is 0 Å². The highest BCUT2D eigenvalue weighted by Crippen LogP contribution is 2.18. The number of ether oxygens (including phenoxy) is 2. The number of rotatable bonds is 8. The van der Waals surface area contributed by atoms with Crippen molar-refractivity contribution in [2.45, 2.75) is 39.5 Å². The van der Waals surface area contributed by atoms with Crippen molar-refractivity contribution in [3.8, 4) is 5.75 Å². The number of benzene rings is 1. The smallest absolute Gasteiger partial charge is 0.191 e. The maximum Gasteiger partial charge on any atom is 0.191 e. The lowest BCUT2D eigenvalue weighted by Gasteiger charge is -2.36. The molecule has 3 rings (SSSR count). The number of aliphatic imine (C=N–C) groups is 1. The van der Waals surface area contributed by atoms with Gasteiger partial charge in [0.15, 0.2) is 5.96 Å². The van der Waals surface area contributed by atoms with E-state index < -0.39 is 0 Å². The summed E-state index contributed by atoms with van der Waals surface area (Å²) in [5, 5.41) is 6.57. The third kappa shape index (κ3) is 6.91. The van der Waals surface area contributed by atoms with Crippen molar-refractivity contribution in [2.24, 2.45) is 4.99 Å². The molecule has 2 heterocycles. The van der Waals surface area contributed by atoms with Gasteiger partial charge in [-0.25, -0.2) is 9.98 Å². The van der Waals surface area contributed by atoms with Gasteiger partial charge < -0.3 is 25.0 Å². The molecule has 1 aromatic carbocycles. The Balaban J connectivity index is 1.48. The minimum atomic E-state index is 0.222. The lowest BCUT2D eigenvalue weighted by Crippen LogP contribution is -2.45. The standard InChI is InChI=1S/C23H33N5O2/c1-4-24-23(25-12-13-29-21-8-6-5-7-9-21)27-15-20-10-11-22(26-14-20)28-16-18(2)30-19(3)17-28/h5-11,14,18-19H,4,12-13,15-17H2,1-3H3,(H2,24,25,27). The van der Waals surface area contributed by atoms with Gasteiger partial charge in [0.05, 0.1) is 25.3 Å². The monoisotopic (exact) mass is 411 g/mol. The van der Waals surface area contributed by atoms with Crippen molar-refractivity contribution in [3.63, 3.8) is 0 Å². The predicted molar refractivity (Wildman–Crippen MR) is 121 cm³/mol. The second kappa shape index (κ2) is 11.4. The van der Waals surface area contributed by atoms with Gasteiger partial charge >= 0.3 is 0 Å². The highest BCUT2D eigenvalue weighted by atomic mass is 16.5. The van der Waals surface area contributed by atoms with Crippen LogP contribution in [-0.2, 0) is 11.3 Å². The van der Waals surface area contributed by atoms with E-state index in [1.165, 1.54) is 0 Å². The van der Waals surface area contributed by atoms with Crippen LogP contribution >= 0.6 is 0 Å². The molecule has 1 aliphatic rings. The molecule has 7 heteroatoms. The zero-order valence-electron chi connectivity index (χ0n) is 18.2. The molecule has 2 unspecified atom stereocenters. The average molecular weight is 412 g/mol. The maximum atomic E-state index is 5.80. The first-order valence-corrected chi connectivity index (χ1v) is 10.7. The third-order valence-corrected chi connectivity index (χ3v) is 4.72. The van der Waals surface area contributed by atoms with E-state index in [0.29, 0.717) is 19.7 Å². The molecule has 7 nitrogen and oxygen atoms in total. The number of morpholine rings is 1. The van der Waals surface area contributed by atoms with Crippen molar-refractivity contribution >= 4 is 11.8 Å². The largest absolute Gasteiger partial charge is 0.492 e. The number of anilines is 1. The van der Waals surface area contributed by atoms with Crippen molar-refractivity contribution in [1.29, 1.82) is 0 Å². The first kappa shape index (κ1) is 21.9. The van der Waals surface area contributed by atoms with E-state index in [9.17, 15) is 0 Å². The topological polar surface area (TPSA) is 71.0 Å². The van der Waals surface area contributed by atoms with Gasteiger partial charge in [0.1, 0.15) is 18.2 Å². The lowest BCUT2D eigenvalue weighted by molar-refractivity contribution is -0.00545. The summed E-state index contributed by atoms with van der Waals surface area (Å²) in [6.45, 7) is 10.6. The van der Waals surface area contributed by atoms with Gasteiger partial charge in [-0.3, -0.25) is 0 Å². The van der Waals surface area contributed by atoms with Crippen LogP contribution in [0.3, 0.4) is 0 Å². The molecule has 0 aliphatic carbocycles. The molecule has 1 saturated heterocycles. The fourth-order valence-corrected chi connectivity index (χ4v) is 3.43.